The van der Waals surface area contributed by atoms with Crippen molar-refractivity contribution in [1.29, 1.82) is 0 Å². The van der Waals surface area contributed by atoms with Crippen molar-refractivity contribution >= 4 is 6.09 Å². The SMILES string of the molecule is CCCCO[C@H]1CN(C(=O)OCc2ccccc2)[C@H]2C1O[C@@H]1OC(C)(C)O[C@@H]12. The Bertz CT molecular complexity index is 681. The van der Waals surface area contributed by atoms with E-state index in [1.165, 1.54) is 0 Å². The fourth-order valence-electron chi connectivity index (χ4n) is 4.12. The number of hydrogen-bond donors (Lipinski definition) is 0. The quantitative estimate of drug-likeness (QED) is 0.695. The molecule has 0 bridgehead atoms. The van der Waals surface area contributed by atoms with E-state index in [9.17, 15) is 4.79 Å². The van der Waals surface area contributed by atoms with Gasteiger partial charge in [0.15, 0.2) is 12.1 Å². The van der Waals surface area contributed by atoms with Crippen LogP contribution in [0.1, 0.15) is 39.2 Å². The van der Waals surface area contributed by atoms with Crippen molar-refractivity contribution < 1.29 is 28.5 Å². The van der Waals surface area contributed by atoms with Gasteiger partial charge < -0.3 is 23.7 Å². The minimum Gasteiger partial charge on any atom is -0.445 e. The molecular formula is C21H29NO6. The molecular weight excluding hydrogens is 362 g/mol. The van der Waals surface area contributed by atoms with Crippen LogP contribution < -0.4 is 0 Å². The average molecular weight is 391 g/mol. The molecule has 1 aromatic rings. The Balaban J connectivity index is 1.46. The summed E-state index contributed by atoms with van der Waals surface area (Å²) in [7, 11) is 0. The number of hydrogen-bond acceptors (Lipinski definition) is 6. The van der Waals surface area contributed by atoms with Gasteiger partial charge in [0.25, 0.3) is 0 Å². The molecule has 7 heteroatoms. The summed E-state index contributed by atoms with van der Waals surface area (Å²) in [6.07, 6.45) is 0.332. The van der Waals surface area contributed by atoms with Crippen LogP contribution in [-0.4, -0.2) is 60.6 Å². The zero-order valence-electron chi connectivity index (χ0n) is 16.7. The molecule has 1 aromatic carbocycles. The van der Waals surface area contributed by atoms with Gasteiger partial charge in [0.2, 0.25) is 0 Å². The van der Waals surface area contributed by atoms with Crippen LogP contribution in [0, 0.1) is 0 Å². The van der Waals surface area contributed by atoms with E-state index >= 15 is 0 Å². The standard InChI is InChI=1S/C21H29NO6/c1-4-5-11-24-15-12-22(20(23)25-13-14-9-7-6-8-10-14)16-17(15)26-19-18(16)27-21(2,3)28-19/h6-10,15-19H,4-5,11-13H2,1-3H3/t15-,16-,17?,18+,19+/m0/s1. The average Bonchev–Trinajstić information content (AvgIpc) is 3.28. The van der Waals surface area contributed by atoms with Crippen LogP contribution >= 0.6 is 0 Å². The zero-order valence-corrected chi connectivity index (χ0v) is 16.7. The zero-order chi connectivity index (χ0) is 19.7. The Kier molecular flexibility index (Phi) is 5.60. The molecule has 3 heterocycles. The van der Waals surface area contributed by atoms with Crippen molar-refractivity contribution in [2.75, 3.05) is 13.2 Å². The third kappa shape index (κ3) is 3.89. The third-order valence-electron chi connectivity index (χ3n) is 5.42. The summed E-state index contributed by atoms with van der Waals surface area (Å²) in [6.45, 7) is 7.13. The highest BCUT2D eigenvalue weighted by molar-refractivity contribution is 5.69. The molecule has 5 atom stereocenters. The Morgan fingerprint density at radius 3 is 2.75 bits per heavy atom. The maximum Gasteiger partial charge on any atom is 0.410 e. The number of fused-ring (bicyclic) bond motifs is 3. The lowest BCUT2D eigenvalue weighted by atomic mass is 10.1. The van der Waals surface area contributed by atoms with Gasteiger partial charge in [-0.3, -0.25) is 4.90 Å². The molecule has 28 heavy (non-hydrogen) atoms. The predicted octanol–water partition coefficient (Wildman–Crippen LogP) is 3.07. The van der Waals surface area contributed by atoms with Crippen LogP contribution in [-0.2, 0) is 30.3 Å². The van der Waals surface area contributed by atoms with Crippen molar-refractivity contribution in [3.8, 4) is 0 Å². The van der Waals surface area contributed by atoms with Gasteiger partial charge in [0, 0.05) is 6.61 Å². The van der Waals surface area contributed by atoms with Crippen LogP contribution in [0.25, 0.3) is 0 Å². The van der Waals surface area contributed by atoms with Crippen molar-refractivity contribution in [3.05, 3.63) is 35.9 Å². The lowest BCUT2D eigenvalue weighted by Crippen LogP contribution is -2.46. The first-order valence-electron chi connectivity index (χ1n) is 10.1. The molecule has 0 N–H and O–H groups in total. The van der Waals surface area contributed by atoms with E-state index in [-0.39, 0.29) is 37.1 Å². The molecule has 4 rings (SSSR count). The summed E-state index contributed by atoms with van der Waals surface area (Å²) in [4.78, 5) is 14.6. The fraction of sp³-hybridized carbons (Fsp3) is 0.667. The van der Waals surface area contributed by atoms with E-state index in [0.29, 0.717) is 13.2 Å². The van der Waals surface area contributed by atoms with Crippen LogP contribution in [0.5, 0.6) is 0 Å². The second-order valence-electron chi connectivity index (χ2n) is 8.02. The van der Waals surface area contributed by atoms with Gasteiger partial charge in [0.1, 0.15) is 24.9 Å². The molecule has 0 aromatic heterocycles. The van der Waals surface area contributed by atoms with E-state index in [1.54, 1.807) is 4.90 Å². The van der Waals surface area contributed by atoms with Crippen molar-refractivity contribution in [3.63, 3.8) is 0 Å². The minimum absolute atomic E-state index is 0.207. The highest BCUT2D eigenvalue weighted by atomic mass is 16.8. The van der Waals surface area contributed by atoms with Crippen LogP contribution in [0.2, 0.25) is 0 Å². The van der Waals surface area contributed by atoms with E-state index in [2.05, 4.69) is 6.92 Å². The van der Waals surface area contributed by atoms with Crippen LogP contribution in [0.4, 0.5) is 4.79 Å². The first-order valence-corrected chi connectivity index (χ1v) is 10.1. The lowest BCUT2D eigenvalue weighted by Gasteiger charge is -2.27. The number of amides is 1. The molecule has 0 spiro atoms. The number of ether oxygens (including phenoxy) is 5. The van der Waals surface area contributed by atoms with E-state index in [0.717, 1.165) is 18.4 Å². The van der Waals surface area contributed by atoms with Gasteiger partial charge in [-0.15, -0.1) is 0 Å². The normalized spacial score (nSPS) is 33.0. The number of nitrogens with zero attached hydrogens (tertiary/aromatic N) is 1. The molecule has 1 amide bonds. The highest BCUT2D eigenvalue weighted by Gasteiger charge is 2.63. The Labute approximate surface area is 165 Å². The smallest absolute Gasteiger partial charge is 0.410 e. The van der Waals surface area contributed by atoms with E-state index in [4.69, 9.17) is 23.7 Å². The molecule has 1 unspecified atom stereocenters. The van der Waals surface area contributed by atoms with Gasteiger partial charge in [-0.1, -0.05) is 43.7 Å². The van der Waals surface area contributed by atoms with Gasteiger partial charge in [-0.25, -0.2) is 4.79 Å². The summed E-state index contributed by atoms with van der Waals surface area (Å²) < 4.78 is 29.6. The van der Waals surface area contributed by atoms with Gasteiger partial charge >= 0.3 is 6.09 Å². The number of unbranched alkanes of at least 4 members (excludes halogenated alkanes) is 1. The second-order valence-corrected chi connectivity index (χ2v) is 8.02. The third-order valence-corrected chi connectivity index (χ3v) is 5.42. The van der Waals surface area contributed by atoms with E-state index in [1.807, 2.05) is 44.2 Å². The summed E-state index contributed by atoms with van der Waals surface area (Å²) in [5.74, 6) is -0.735. The van der Waals surface area contributed by atoms with Crippen LogP contribution in [0.3, 0.4) is 0 Å². The van der Waals surface area contributed by atoms with Gasteiger partial charge in [-0.2, -0.15) is 0 Å². The van der Waals surface area contributed by atoms with Crippen molar-refractivity contribution in [1.82, 2.24) is 4.90 Å². The van der Waals surface area contributed by atoms with Crippen LogP contribution in [0.15, 0.2) is 30.3 Å². The molecule has 3 aliphatic heterocycles. The summed E-state index contributed by atoms with van der Waals surface area (Å²) in [5.41, 5.74) is 0.949. The highest BCUT2D eigenvalue weighted by Crippen LogP contribution is 2.44. The number of carbonyl (C=O) groups is 1. The predicted molar refractivity (Wildman–Crippen MR) is 100 cm³/mol. The summed E-state index contributed by atoms with van der Waals surface area (Å²) >= 11 is 0. The number of carbonyl (C=O) groups excluding carboxylic acids is 1. The molecule has 0 aliphatic carbocycles. The number of likely N-dealkylation sites (tertiary alicyclic amines) is 1. The number of benzene rings is 1. The largest absolute Gasteiger partial charge is 0.445 e. The molecule has 154 valence electrons. The Morgan fingerprint density at radius 1 is 1.21 bits per heavy atom. The minimum atomic E-state index is -0.735. The fourth-order valence-corrected chi connectivity index (χ4v) is 4.12. The molecule has 0 saturated carbocycles. The topological polar surface area (TPSA) is 66.5 Å². The molecule has 3 aliphatic rings. The maximum atomic E-state index is 12.9. The molecule has 7 nitrogen and oxygen atoms in total. The molecule has 3 fully saturated rings. The summed E-state index contributed by atoms with van der Waals surface area (Å²) in [5, 5.41) is 0. The Morgan fingerprint density at radius 2 is 2.00 bits per heavy atom. The monoisotopic (exact) mass is 391 g/mol. The summed E-state index contributed by atoms with van der Waals surface area (Å²) in [6, 6.07) is 9.37. The van der Waals surface area contributed by atoms with Gasteiger partial charge in [-0.05, 0) is 25.8 Å². The number of rotatable bonds is 6. The first kappa shape index (κ1) is 19.6. The maximum absolute atomic E-state index is 12.9. The second kappa shape index (κ2) is 7.99. The van der Waals surface area contributed by atoms with E-state index < -0.39 is 12.1 Å². The van der Waals surface area contributed by atoms with Crippen molar-refractivity contribution in [2.45, 2.75) is 76.7 Å². The molecule has 3 saturated heterocycles. The molecule has 0 radical (unpaired) electrons. The Hall–Kier alpha value is -1.67. The van der Waals surface area contributed by atoms with Crippen molar-refractivity contribution in [2.24, 2.45) is 0 Å². The van der Waals surface area contributed by atoms with Gasteiger partial charge in [0.05, 0.1) is 12.6 Å². The first-order chi connectivity index (χ1) is 13.5. The lowest BCUT2D eigenvalue weighted by molar-refractivity contribution is -0.214.